The number of hydrogen-bond donors (Lipinski definition) is 4. The van der Waals surface area contributed by atoms with E-state index in [-0.39, 0.29) is 5.95 Å². The van der Waals surface area contributed by atoms with E-state index in [9.17, 15) is 13.2 Å². The van der Waals surface area contributed by atoms with Crippen molar-refractivity contribution in [3.05, 3.63) is 66.6 Å². The van der Waals surface area contributed by atoms with E-state index in [0.29, 0.717) is 39.7 Å². The van der Waals surface area contributed by atoms with E-state index in [1.807, 2.05) is 0 Å². The number of halogens is 3. The summed E-state index contributed by atoms with van der Waals surface area (Å²) >= 11 is 0. The van der Waals surface area contributed by atoms with Crippen LogP contribution in [0.25, 0.3) is 11.1 Å². The maximum atomic E-state index is 13.0. The van der Waals surface area contributed by atoms with Crippen LogP contribution in [-0.4, -0.2) is 19.7 Å². The van der Waals surface area contributed by atoms with Gasteiger partial charge in [0.1, 0.15) is 5.82 Å². The Morgan fingerprint density at radius 2 is 1.59 bits per heavy atom. The summed E-state index contributed by atoms with van der Waals surface area (Å²) in [6.07, 6.45) is 0.455. The molecule has 0 aliphatic carbocycles. The molecule has 11 heteroatoms. The SMILES string of the molecule is Cn1cc(Nc2ncc(-c3ccc(C(F)(F)F)cc3)c(Nc3cc(N)cc(N)c3)n2)cn1. The van der Waals surface area contributed by atoms with Crippen molar-refractivity contribution in [2.45, 2.75) is 6.18 Å². The molecule has 2 aromatic carbocycles. The van der Waals surface area contributed by atoms with Gasteiger partial charge in [0.2, 0.25) is 5.95 Å². The summed E-state index contributed by atoms with van der Waals surface area (Å²) in [4.78, 5) is 8.80. The van der Waals surface area contributed by atoms with Crippen molar-refractivity contribution in [2.24, 2.45) is 7.05 Å². The van der Waals surface area contributed by atoms with Gasteiger partial charge in [-0.15, -0.1) is 0 Å². The molecule has 2 heterocycles. The number of rotatable bonds is 5. The highest BCUT2D eigenvalue weighted by Crippen LogP contribution is 2.34. The average molecular weight is 440 g/mol. The lowest BCUT2D eigenvalue weighted by molar-refractivity contribution is -0.137. The number of aryl methyl sites for hydroxylation is 1. The molecule has 4 rings (SSSR count). The average Bonchev–Trinajstić information content (AvgIpc) is 3.11. The van der Waals surface area contributed by atoms with Gasteiger partial charge >= 0.3 is 6.18 Å². The van der Waals surface area contributed by atoms with E-state index in [1.54, 1.807) is 42.3 Å². The van der Waals surface area contributed by atoms with E-state index in [2.05, 4.69) is 25.7 Å². The Morgan fingerprint density at radius 1 is 0.906 bits per heavy atom. The van der Waals surface area contributed by atoms with Gasteiger partial charge in [-0.2, -0.15) is 23.3 Å². The number of alkyl halides is 3. The summed E-state index contributed by atoms with van der Waals surface area (Å²) in [6.45, 7) is 0. The number of nitrogens with one attached hydrogen (secondary N) is 2. The molecule has 6 N–H and O–H groups in total. The Bertz CT molecular complexity index is 1230. The molecular weight excluding hydrogens is 421 g/mol. The number of hydrogen-bond acceptors (Lipinski definition) is 7. The van der Waals surface area contributed by atoms with Gasteiger partial charge in [-0.1, -0.05) is 12.1 Å². The van der Waals surface area contributed by atoms with E-state index < -0.39 is 11.7 Å². The quantitative estimate of drug-likeness (QED) is 0.336. The zero-order chi connectivity index (χ0) is 22.9. The fourth-order valence-electron chi connectivity index (χ4n) is 3.09. The van der Waals surface area contributed by atoms with Crippen LogP contribution in [0.3, 0.4) is 0 Å². The Hall–Kier alpha value is -4.28. The summed E-state index contributed by atoms with van der Waals surface area (Å²) < 4.78 is 40.5. The number of benzene rings is 2. The first-order valence-electron chi connectivity index (χ1n) is 9.41. The summed E-state index contributed by atoms with van der Waals surface area (Å²) in [5.74, 6) is 0.629. The molecule has 4 aromatic rings. The Labute approximate surface area is 181 Å². The van der Waals surface area contributed by atoms with Gasteiger partial charge < -0.3 is 22.1 Å². The highest BCUT2D eigenvalue weighted by atomic mass is 19.4. The zero-order valence-electron chi connectivity index (χ0n) is 16.9. The summed E-state index contributed by atoms with van der Waals surface area (Å²) in [6, 6.07) is 9.71. The van der Waals surface area contributed by atoms with Crippen molar-refractivity contribution in [1.29, 1.82) is 0 Å². The monoisotopic (exact) mass is 440 g/mol. The number of nitrogens with zero attached hydrogens (tertiary/aromatic N) is 4. The Kier molecular flexibility index (Phi) is 5.31. The number of nitrogens with two attached hydrogens (primary N) is 2. The maximum absolute atomic E-state index is 13.0. The molecule has 164 valence electrons. The third-order valence-electron chi connectivity index (χ3n) is 4.51. The first-order chi connectivity index (χ1) is 15.2. The van der Waals surface area contributed by atoms with Crippen molar-refractivity contribution in [2.75, 3.05) is 22.1 Å². The third kappa shape index (κ3) is 4.72. The molecule has 0 amide bonds. The van der Waals surface area contributed by atoms with Crippen molar-refractivity contribution in [3.8, 4) is 11.1 Å². The molecule has 0 bridgehead atoms. The lowest BCUT2D eigenvalue weighted by atomic mass is 10.1. The number of aromatic nitrogens is 4. The number of nitrogen functional groups attached to an aromatic ring is 2. The van der Waals surface area contributed by atoms with Crippen LogP contribution in [-0.2, 0) is 13.2 Å². The highest BCUT2D eigenvalue weighted by Gasteiger charge is 2.30. The zero-order valence-corrected chi connectivity index (χ0v) is 16.9. The van der Waals surface area contributed by atoms with Crippen LogP contribution in [0.15, 0.2) is 61.1 Å². The molecule has 8 nitrogen and oxygen atoms in total. The van der Waals surface area contributed by atoms with Crippen LogP contribution in [0.4, 0.5) is 47.7 Å². The minimum absolute atomic E-state index is 0.271. The van der Waals surface area contributed by atoms with E-state index in [1.165, 1.54) is 18.3 Å². The van der Waals surface area contributed by atoms with E-state index in [0.717, 1.165) is 12.1 Å². The molecule has 32 heavy (non-hydrogen) atoms. The molecule has 0 spiro atoms. The molecular formula is C21H19F3N8. The lowest BCUT2D eigenvalue weighted by Crippen LogP contribution is -2.05. The van der Waals surface area contributed by atoms with Crippen LogP contribution in [0, 0.1) is 0 Å². The topological polar surface area (TPSA) is 120 Å². The van der Waals surface area contributed by atoms with Gasteiger partial charge in [0.25, 0.3) is 0 Å². The summed E-state index contributed by atoms with van der Waals surface area (Å²) in [5.41, 5.74) is 14.2. The largest absolute Gasteiger partial charge is 0.416 e. The van der Waals surface area contributed by atoms with E-state index >= 15 is 0 Å². The standard InChI is InChI=1S/C21H19F3N8/c1-32-11-17(9-28-32)30-20-27-10-18(12-2-4-13(5-3-12)21(22,23)24)19(31-20)29-16-7-14(25)6-15(26)8-16/h2-11H,25-26H2,1H3,(H2,27,29,30,31). The second-order valence-electron chi connectivity index (χ2n) is 7.07. The lowest BCUT2D eigenvalue weighted by Gasteiger charge is -2.14. The van der Waals surface area contributed by atoms with Crippen molar-refractivity contribution in [1.82, 2.24) is 19.7 Å². The van der Waals surface area contributed by atoms with Gasteiger partial charge in [0.05, 0.1) is 17.4 Å². The number of anilines is 6. The van der Waals surface area contributed by atoms with Gasteiger partial charge in [-0.3, -0.25) is 4.68 Å². The fraction of sp³-hybridized carbons (Fsp3) is 0.0952. The molecule has 0 aliphatic heterocycles. The molecule has 0 fully saturated rings. The molecule has 0 unspecified atom stereocenters. The van der Waals surface area contributed by atoms with Crippen LogP contribution < -0.4 is 22.1 Å². The van der Waals surface area contributed by atoms with E-state index in [4.69, 9.17) is 11.5 Å². The molecule has 0 aliphatic rings. The van der Waals surface area contributed by atoms with Gasteiger partial charge in [0.15, 0.2) is 0 Å². The van der Waals surface area contributed by atoms with Crippen molar-refractivity contribution >= 4 is 34.5 Å². The Morgan fingerprint density at radius 3 is 2.19 bits per heavy atom. The predicted octanol–water partition coefficient (Wildman–Crippen LogP) is 4.55. The molecule has 0 saturated carbocycles. The predicted molar refractivity (Wildman–Crippen MR) is 118 cm³/mol. The molecule has 2 aromatic heterocycles. The van der Waals surface area contributed by atoms with Crippen LogP contribution >= 0.6 is 0 Å². The Balaban J connectivity index is 1.74. The smallest absolute Gasteiger partial charge is 0.399 e. The fourth-order valence-corrected chi connectivity index (χ4v) is 3.09. The first kappa shape index (κ1) is 21.0. The van der Waals surface area contributed by atoms with Gasteiger partial charge in [-0.05, 0) is 35.9 Å². The second-order valence-corrected chi connectivity index (χ2v) is 7.07. The highest BCUT2D eigenvalue weighted by molar-refractivity contribution is 5.80. The minimum atomic E-state index is -4.42. The molecule has 0 saturated heterocycles. The third-order valence-corrected chi connectivity index (χ3v) is 4.51. The maximum Gasteiger partial charge on any atom is 0.416 e. The van der Waals surface area contributed by atoms with Crippen LogP contribution in [0.5, 0.6) is 0 Å². The van der Waals surface area contributed by atoms with Crippen LogP contribution in [0.2, 0.25) is 0 Å². The van der Waals surface area contributed by atoms with Gasteiger partial charge in [0, 0.05) is 42.1 Å². The van der Waals surface area contributed by atoms with Gasteiger partial charge in [-0.25, -0.2) is 4.98 Å². The first-order valence-corrected chi connectivity index (χ1v) is 9.41. The molecule has 0 atom stereocenters. The summed E-state index contributed by atoms with van der Waals surface area (Å²) in [5, 5.41) is 10.3. The van der Waals surface area contributed by atoms with Crippen molar-refractivity contribution in [3.63, 3.8) is 0 Å². The molecule has 0 radical (unpaired) electrons. The van der Waals surface area contributed by atoms with Crippen molar-refractivity contribution < 1.29 is 13.2 Å². The normalized spacial score (nSPS) is 11.4. The summed E-state index contributed by atoms with van der Waals surface area (Å²) in [7, 11) is 1.77. The second kappa shape index (κ2) is 8.10. The van der Waals surface area contributed by atoms with Crippen LogP contribution in [0.1, 0.15) is 5.56 Å². The minimum Gasteiger partial charge on any atom is -0.399 e.